The van der Waals surface area contributed by atoms with Gasteiger partial charge in [0.2, 0.25) is 0 Å². The summed E-state index contributed by atoms with van der Waals surface area (Å²) in [5.74, 6) is 0.407. The van der Waals surface area contributed by atoms with Crippen LogP contribution >= 0.6 is 0 Å². The summed E-state index contributed by atoms with van der Waals surface area (Å²) >= 11 is 0. The minimum Gasteiger partial charge on any atom is -0.297 e. The predicted octanol–water partition coefficient (Wildman–Crippen LogP) is 1.72. The van der Waals surface area contributed by atoms with Crippen LogP contribution in [-0.2, 0) is 11.7 Å². The molecule has 3 nitrogen and oxygen atoms in total. The topological polar surface area (TPSA) is 36.0 Å². The molecule has 1 aliphatic heterocycles. The number of piperidine rings is 1. The first-order valence-electron chi connectivity index (χ1n) is 5.59. The van der Waals surface area contributed by atoms with Gasteiger partial charge in [0, 0.05) is 12.7 Å². The summed E-state index contributed by atoms with van der Waals surface area (Å²) in [4.78, 5) is 6.69. The molecule has 81 valence electrons. The van der Waals surface area contributed by atoms with Crippen LogP contribution in [0.15, 0.2) is 24.4 Å². The third-order valence-electron chi connectivity index (χ3n) is 3.05. The van der Waals surface area contributed by atoms with Gasteiger partial charge in [0.1, 0.15) is 0 Å². The van der Waals surface area contributed by atoms with Crippen LogP contribution in [0.1, 0.15) is 18.5 Å². The zero-order valence-electron chi connectivity index (χ0n) is 8.93. The molecule has 0 amide bonds. The highest BCUT2D eigenvalue weighted by molar-refractivity contribution is 5.03. The molecule has 0 unspecified atom stereocenters. The molecule has 0 saturated carbocycles. The van der Waals surface area contributed by atoms with Gasteiger partial charge < -0.3 is 0 Å². The second-order valence-electron chi connectivity index (χ2n) is 4.21. The van der Waals surface area contributed by atoms with Gasteiger partial charge in [0.25, 0.3) is 0 Å². The Hall–Kier alpha value is -0.930. The smallest absolute Gasteiger partial charge is 0.0851 e. The first-order valence-corrected chi connectivity index (χ1v) is 5.59. The molecule has 0 atom stereocenters. The lowest BCUT2D eigenvalue weighted by molar-refractivity contribution is 0.0885. The third-order valence-corrected chi connectivity index (χ3v) is 3.05. The van der Waals surface area contributed by atoms with Crippen LogP contribution in [0.25, 0.3) is 0 Å². The van der Waals surface area contributed by atoms with E-state index in [1.165, 1.54) is 0 Å². The number of pyridine rings is 1. The standard InChI is InChI=1S/C12H17N2O/c15-10-11-4-7-14(8-5-11)9-12-3-1-2-6-13-12/h1-3,6,11H,4-5,7-10H2. The van der Waals surface area contributed by atoms with Gasteiger partial charge in [0.15, 0.2) is 0 Å². The molecular formula is C12H17N2O. The van der Waals surface area contributed by atoms with Crippen LogP contribution < -0.4 is 0 Å². The molecule has 2 heterocycles. The van der Waals surface area contributed by atoms with Crippen molar-refractivity contribution >= 4 is 0 Å². The maximum atomic E-state index is 10.7. The van der Waals surface area contributed by atoms with E-state index in [0.717, 1.165) is 38.2 Å². The van der Waals surface area contributed by atoms with Gasteiger partial charge >= 0.3 is 0 Å². The van der Waals surface area contributed by atoms with Crippen molar-refractivity contribution in [3.05, 3.63) is 30.1 Å². The fourth-order valence-corrected chi connectivity index (χ4v) is 2.03. The Morgan fingerprint density at radius 3 is 2.73 bits per heavy atom. The molecule has 0 aliphatic carbocycles. The highest BCUT2D eigenvalue weighted by Crippen LogP contribution is 2.17. The van der Waals surface area contributed by atoms with Crippen LogP contribution in [0.2, 0.25) is 0 Å². The maximum Gasteiger partial charge on any atom is 0.0851 e. The van der Waals surface area contributed by atoms with E-state index in [0.29, 0.717) is 5.92 Å². The number of hydrogen-bond donors (Lipinski definition) is 0. The number of nitrogens with zero attached hydrogens (tertiary/aromatic N) is 2. The minimum absolute atomic E-state index is 0.0947. The van der Waals surface area contributed by atoms with Crippen molar-refractivity contribution in [2.45, 2.75) is 19.4 Å². The van der Waals surface area contributed by atoms with Gasteiger partial charge in [-0.1, -0.05) is 6.07 Å². The van der Waals surface area contributed by atoms with Gasteiger partial charge in [-0.2, -0.15) is 0 Å². The van der Waals surface area contributed by atoms with Crippen molar-refractivity contribution < 1.29 is 5.11 Å². The lowest BCUT2D eigenvalue weighted by Crippen LogP contribution is -2.34. The average Bonchev–Trinajstić information content (AvgIpc) is 2.31. The fourth-order valence-electron chi connectivity index (χ4n) is 2.03. The molecule has 0 N–H and O–H groups in total. The molecule has 1 fully saturated rings. The van der Waals surface area contributed by atoms with E-state index in [1.807, 2.05) is 18.3 Å². The van der Waals surface area contributed by atoms with Crippen LogP contribution in [0.3, 0.4) is 0 Å². The normalized spacial score (nSPS) is 19.3. The SMILES string of the molecule is [O]CC1CCN(Cc2ccccn2)CC1. The van der Waals surface area contributed by atoms with E-state index in [4.69, 9.17) is 0 Å². The van der Waals surface area contributed by atoms with Crippen LogP contribution in [0, 0.1) is 5.92 Å². The van der Waals surface area contributed by atoms with E-state index in [-0.39, 0.29) is 6.61 Å². The van der Waals surface area contributed by atoms with Crippen molar-refractivity contribution in [3.8, 4) is 0 Å². The van der Waals surface area contributed by atoms with Gasteiger partial charge in [-0.3, -0.25) is 9.88 Å². The monoisotopic (exact) mass is 205 g/mol. The van der Waals surface area contributed by atoms with Crippen LogP contribution in [0.4, 0.5) is 0 Å². The lowest BCUT2D eigenvalue weighted by Gasteiger charge is -2.30. The Balaban J connectivity index is 1.82. The van der Waals surface area contributed by atoms with Crippen molar-refractivity contribution in [3.63, 3.8) is 0 Å². The first kappa shape index (κ1) is 10.6. The first-order chi connectivity index (χ1) is 7.38. The molecule has 1 aromatic rings. The minimum atomic E-state index is 0.0947. The summed E-state index contributed by atoms with van der Waals surface area (Å²) in [6.45, 7) is 3.11. The summed E-state index contributed by atoms with van der Waals surface area (Å²) in [7, 11) is 0. The number of hydrogen-bond acceptors (Lipinski definition) is 2. The maximum absolute atomic E-state index is 10.7. The second kappa shape index (κ2) is 5.24. The zero-order chi connectivity index (χ0) is 10.5. The molecule has 3 heteroatoms. The molecule has 1 radical (unpaired) electrons. The summed E-state index contributed by atoms with van der Waals surface area (Å²) in [5, 5.41) is 10.7. The number of likely N-dealkylation sites (tertiary alicyclic amines) is 1. The van der Waals surface area contributed by atoms with E-state index in [1.54, 1.807) is 0 Å². The van der Waals surface area contributed by atoms with E-state index in [2.05, 4.69) is 16.0 Å². The molecule has 0 spiro atoms. The lowest BCUT2D eigenvalue weighted by atomic mass is 9.98. The van der Waals surface area contributed by atoms with E-state index < -0.39 is 0 Å². The Bertz CT molecular complexity index is 281. The molecule has 2 rings (SSSR count). The van der Waals surface area contributed by atoms with Crippen LogP contribution in [0.5, 0.6) is 0 Å². The van der Waals surface area contributed by atoms with Crippen LogP contribution in [-0.4, -0.2) is 29.6 Å². The Morgan fingerprint density at radius 2 is 2.13 bits per heavy atom. The van der Waals surface area contributed by atoms with Crippen molar-refractivity contribution in [2.24, 2.45) is 5.92 Å². The highest BCUT2D eigenvalue weighted by Gasteiger charge is 2.18. The summed E-state index contributed by atoms with van der Waals surface area (Å²) in [5.41, 5.74) is 1.12. The Kier molecular flexibility index (Phi) is 3.69. The Labute approximate surface area is 90.8 Å². The number of rotatable bonds is 3. The van der Waals surface area contributed by atoms with Gasteiger partial charge in [0.05, 0.1) is 12.3 Å². The van der Waals surface area contributed by atoms with E-state index >= 15 is 0 Å². The van der Waals surface area contributed by atoms with Crippen molar-refractivity contribution in [2.75, 3.05) is 19.7 Å². The fraction of sp³-hybridized carbons (Fsp3) is 0.583. The summed E-state index contributed by atoms with van der Waals surface area (Å²) < 4.78 is 0. The third kappa shape index (κ3) is 3.01. The molecule has 1 saturated heterocycles. The number of aromatic nitrogens is 1. The predicted molar refractivity (Wildman–Crippen MR) is 57.8 cm³/mol. The quantitative estimate of drug-likeness (QED) is 0.753. The molecule has 0 bridgehead atoms. The summed E-state index contributed by atoms with van der Waals surface area (Å²) in [6, 6.07) is 6.01. The largest absolute Gasteiger partial charge is 0.297 e. The Morgan fingerprint density at radius 1 is 1.33 bits per heavy atom. The molecule has 15 heavy (non-hydrogen) atoms. The average molecular weight is 205 g/mol. The van der Waals surface area contributed by atoms with Crippen molar-refractivity contribution in [1.29, 1.82) is 0 Å². The molecular weight excluding hydrogens is 188 g/mol. The molecule has 0 aromatic carbocycles. The van der Waals surface area contributed by atoms with Gasteiger partial charge in [-0.15, -0.1) is 0 Å². The second-order valence-corrected chi connectivity index (χ2v) is 4.21. The zero-order valence-corrected chi connectivity index (χ0v) is 8.93. The van der Waals surface area contributed by atoms with Gasteiger partial charge in [-0.25, -0.2) is 5.11 Å². The van der Waals surface area contributed by atoms with Crippen molar-refractivity contribution in [1.82, 2.24) is 9.88 Å². The summed E-state index contributed by atoms with van der Waals surface area (Å²) in [6.07, 6.45) is 3.94. The molecule has 1 aliphatic rings. The van der Waals surface area contributed by atoms with E-state index in [9.17, 15) is 5.11 Å². The molecule has 1 aromatic heterocycles. The van der Waals surface area contributed by atoms with Gasteiger partial charge in [-0.05, 0) is 44.0 Å². The highest BCUT2D eigenvalue weighted by atomic mass is 16.3.